The summed E-state index contributed by atoms with van der Waals surface area (Å²) in [5, 5.41) is 10.9. The average Bonchev–Trinajstić information content (AvgIpc) is 2.48. The molecule has 0 heterocycles. The van der Waals surface area contributed by atoms with Crippen LogP contribution >= 0.6 is 23.4 Å². The van der Waals surface area contributed by atoms with E-state index in [2.05, 4.69) is 0 Å². The van der Waals surface area contributed by atoms with Gasteiger partial charge in [0.05, 0.1) is 12.1 Å². The molecule has 112 valence electrons. The Kier molecular flexibility index (Phi) is 5.71. The highest BCUT2D eigenvalue weighted by molar-refractivity contribution is 7.99. The third-order valence-electron chi connectivity index (χ3n) is 3.37. The van der Waals surface area contributed by atoms with Crippen LogP contribution in [0.4, 0.5) is 0 Å². The standard InChI is InChI=1S/C17H20ClNOS/c1-11(2)17(20)16(19)14-5-3-4-6-15(14)21-13-9-7-12(18)8-10-13/h3-11,16-17,20H,19H2,1-2H3/t16-,17+/m1/s1. The molecular formula is C17H20ClNOS. The van der Waals surface area contributed by atoms with Crippen LogP contribution in [0.1, 0.15) is 25.5 Å². The number of rotatable bonds is 5. The Balaban J connectivity index is 2.26. The highest BCUT2D eigenvalue weighted by Crippen LogP contribution is 2.34. The first-order chi connectivity index (χ1) is 9.99. The van der Waals surface area contributed by atoms with Gasteiger partial charge in [0.2, 0.25) is 0 Å². The second kappa shape index (κ2) is 7.32. The van der Waals surface area contributed by atoms with Gasteiger partial charge in [0.1, 0.15) is 0 Å². The van der Waals surface area contributed by atoms with Crippen molar-refractivity contribution in [2.75, 3.05) is 0 Å². The third kappa shape index (κ3) is 4.24. The van der Waals surface area contributed by atoms with E-state index in [-0.39, 0.29) is 12.0 Å². The van der Waals surface area contributed by atoms with Gasteiger partial charge in [-0.05, 0) is 41.8 Å². The molecule has 21 heavy (non-hydrogen) atoms. The second-order valence-electron chi connectivity index (χ2n) is 5.35. The van der Waals surface area contributed by atoms with Crippen molar-refractivity contribution in [1.29, 1.82) is 0 Å². The highest BCUT2D eigenvalue weighted by Gasteiger charge is 2.22. The average molecular weight is 322 g/mol. The summed E-state index contributed by atoms with van der Waals surface area (Å²) in [5.41, 5.74) is 7.20. The Labute approximate surface area is 135 Å². The Morgan fingerprint density at radius 2 is 1.67 bits per heavy atom. The highest BCUT2D eigenvalue weighted by atomic mass is 35.5. The fourth-order valence-electron chi connectivity index (χ4n) is 2.08. The van der Waals surface area contributed by atoms with Gasteiger partial charge in [0.15, 0.2) is 0 Å². The lowest BCUT2D eigenvalue weighted by molar-refractivity contribution is 0.0971. The molecule has 2 nitrogen and oxygen atoms in total. The molecule has 0 aliphatic rings. The van der Waals surface area contributed by atoms with Crippen LogP contribution in [0.3, 0.4) is 0 Å². The normalized spacial score (nSPS) is 14.2. The molecule has 0 bridgehead atoms. The van der Waals surface area contributed by atoms with E-state index in [9.17, 15) is 5.11 Å². The molecule has 4 heteroatoms. The SMILES string of the molecule is CC(C)[C@H](O)[C@H](N)c1ccccc1Sc1ccc(Cl)cc1. The number of aliphatic hydroxyl groups excluding tert-OH is 1. The maximum absolute atomic E-state index is 10.2. The summed E-state index contributed by atoms with van der Waals surface area (Å²) in [6.45, 7) is 3.94. The topological polar surface area (TPSA) is 46.2 Å². The molecule has 2 rings (SSSR count). The molecule has 3 N–H and O–H groups in total. The van der Waals surface area contributed by atoms with Gasteiger partial charge < -0.3 is 10.8 Å². The van der Waals surface area contributed by atoms with E-state index >= 15 is 0 Å². The maximum atomic E-state index is 10.2. The van der Waals surface area contributed by atoms with E-state index in [1.54, 1.807) is 11.8 Å². The third-order valence-corrected chi connectivity index (χ3v) is 4.72. The fraction of sp³-hybridized carbons (Fsp3) is 0.294. The second-order valence-corrected chi connectivity index (χ2v) is 6.91. The molecule has 2 atom stereocenters. The summed E-state index contributed by atoms with van der Waals surface area (Å²) in [6.07, 6.45) is -0.558. The Morgan fingerprint density at radius 3 is 2.29 bits per heavy atom. The van der Waals surface area contributed by atoms with Gasteiger partial charge in [0, 0.05) is 14.8 Å². The quantitative estimate of drug-likeness (QED) is 0.851. The fourth-order valence-corrected chi connectivity index (χ4v) is 3.20. The summed E-state index contributed by atoms with van der Waals surface area (Å²) in [5.74, 6) is 0.119. The zero-order valence-corrected chi connectivity index (χ0v) is 13.7. The van der Waals surface area contributed by atoms with Gasteiger partial charge in [-0.1, -0.05) is 55.4 Å². The van der Waals surface area contributed by atoms with Crippen molar-refractivity contribution in [1.82, 2.24) is 0 Å². The first-order valence-electron chi connectivity index (χ1n) is 6.95. The largest absolute Gasteiger partial charge is 0.391 e. The Hall–Kier alpha value is -1.00. The minimum Gasteiger partial charge on any atom is -0.391 e. The van der Waals surface area contributed by atoms with Crippen LogP contribution in [0.5, 0.6) is 0 Å². The van der Waals surface area contributed by atoms with Crippen molar-refractivity contribution in [2.24, 2.45) is 11.7 Å². The van der Waals surface area contributed by atoms with E-state index in [0.717, 1.165) is 20.4 Å². The molecule has 2 aromatic carbocycles. The number of hydrogen-bond donors (Lipinski definition) is 2. The maximum Gasteiger partial charge on any atom is 0.0756 e. The molecular weight excluding hydrogens is 302 g/mol. The number of halogens is 1. The lowest BCUT2D eigenvalue weighted by Gasteiger charge is -2.24. The predicted molar refractivity (Wildman–Crippen MR) is 89.8 cm³/mol. The van der Waals surface area contributed by atoms with Gasteiger partial charge in [-0.25, -0.2) is 0 Å². The number of aliphatic hydroxyl groups is 1. The van der Waals surface area contributed by atoms with Crippen LogP contribution in [0.2, 0.25) is 5.02 Å². The molecule has 0 aliphatic carbocycles. The zero-order valence-electron chi connectivity index (χ0n) is 12.2. The lowest BCUT2D eigenvalue weighted by Crippen LogP contribution is -2.30. The van der Waals surface area contributed by atoms with Gasteiger partial charge in [-0.15, -0.1) is 0 Å². The molecule has 0 aliphatic heterocycles. The Bertz CT molecular complexity index is 586. The van der Waals surface area contributed by atoms with E-state index in [1.807, 2.05) is 62.4 Å². The lowest BCUT2D eigenvalue weighted by atomic mass is 9.94. The van der Waals surface area contributed by atoms with Crippen molar-refractivity contribution in [3.8, 4) is 0 Å². The summed E-state index contributed by atoms with van der Waals surface area (Å²) < 4.78 is 0. The molecule has 0 amide bonds. The smallest absolute Gasteiger partial charge is 0.0756 e. The number of nitrogens with two attached hydrogens (primary N) is 1. The van der Waals surface area contributed by atoms with Gasteiger partial charge >= 0.3 is 0 Å². The Morgan fingerprint density at radius 1 is 1.05 bits per heavy atom. The van der Waals surface area contributed by atoms with Crippen molar-refractivity contribution in [2.45, 2.75) is 35.8 Å². The van der Waals surface area contributed by atoms with Crippen LogP contribution in [-0.2, 0) is 0 Å². The summed E-state index contributed by atoms with van der Waals surface area (Å²) in [7, 11) is 0. The van der Waals surface area contributed by atoms with Crippen LogP contribution in [0, 0.1) is 5.92 Å². The minimum absolute atomic E-state index is 0.119. The number of benzene rings is 2. The van der Waals surface area contributed by atoms with Crippen LogP contribution in [0.15, 0.2) is 58.3 Å². The molecule has 0 aromatic heterocycles. The van der Waals surface area contributed by atoms with Crippen LogP contribution in [-0.4, -0.2) is 11.2 Å². The first kappa shape index (κ1) is 16.4. The summed E-state index contributed by atoms with van der Waals surface area (Å²) >= 11 is 7.54. The number of hydrogen-bond acceptors (Lipinski definition) is 3. The first-order valence-corrected chi connectivity index (χ1v) is 8.14. The molecule has 2 aromatic rings. The minimum atomic E-state index is -0.558. The molecule has 0 unspecified atom stereocenters. The van der Waals surface area contributed by atoms with E-state index < -0.39 is 6.10 Å². The molecule has 0 radical (unpaired) electrons. The molecule has 0 saturated heterocycles. The van der Waals surface area contributed by atoms with Gasteiger partial charge in [0.25, 0.3) is 0 Å². The van der Waals surface area contributed by atoms with E-state index in [4.69, 9.17) is 17.3 Å². The molecule has 0 spiro atoms. The monoisotopic (exact) mass is 321 g/mol. The summed E-state index contributed by atoms with van der Waals surface area (Å²) in [4.78, 5) is 2.16. The van der Waals surface area contributed by atoms with Crippen molar-refractivity contribution >= 4 is 23.4 Å². The van der Waals surface area contributed by atoms with Gasteiger partial charge in [-0.2, -0.15) is 0 Å². The predicted octanol–water partition coefficient (Wildman–Crippen LogP) is 4.51. The van der Waals surface area contributed by atoms with Gasteiger partial charge in [-0.3, -0.25) is 0 Å². The summed E-state index contributed by atoms with van der Waals surface area (Å²) in [6, 6.07) is 15.3. The molecule has 0 fully saturated rings. The van der Waals surface area contributed by atoms with Crippen LogP contribution in [0.25, 0.3) is 0 Å². The van der Waals surface area contributed by atoms with E-state index in [1.165, 1.54) is 0 Å². The molecule has 0 saturated carbocycles. The van der Waals surface area contributed by atoms with Crippen molar-refractivity contribution < 1.29 is 5.11 Å². The van der Waals surface area contributed by atoms with Crippen LogP contribution < -0.4 is 5.73 Å². The van der Waals surface area contributed by atoms with Crippen molar-refractivity contribution in [3.63, 3.8) is 0 Å². The zero-order chi connectivity index (χ0) is 15.4. The van der Waals surface area contributed by atoms with Crippen molar-refractivity contribution in [3.05, 3.63) is 59.1 Å². The van der Waals surface area contributed by atoms with E-state index in [0.29, 0.717) is 0 Å².